The van der Waals surface area contributed by atoms with Crippen molar-refractivity contribution in [3.63, 3.8) is 0 Å². The fourth-order valence-electron chi connectivity index (χ4n) is 3.56. The molecule has 4 nitrogen and oxygen atoms in total. The van der Waals surface area contributed by atoms with Gasteiger partial charge in [-0.2, -0.15) is 5.10 Å². The molecule has 0 bridgehead atoms. The first-order valence-electron chi connectivity index (χ1n) is 9.10. The van der Waals surface area contributed by atoms with Gasteiger partial charge in [0.05, 0.1) is 11.7 Å². The third-order valence-corrected chi connectivity index (χ3v) is 4.98. The fourth-order valence-corrected chi connectivity index (χ4v) is 3.56. The van der Waals surface area contributed by atoms with E-state index in [4.69, 9.17) is 4.74 Å². The summed E-state index contributed by atoms with van der Waals surface area (Å²) in [6.45, 7) is 5.52. The van der Waals surface area contributed by atoms with Crippen LogP contribution < -0.4 is 10.1 Å². The fraction of sp³-hybridized carbons (Fsp3) is 0.632. The Hall–Kier alpha value is -1.55. The second kappa shape index (κ2) is 7.82. The second-order valence-corrected chi connectivity index (χ2v) is 6.78. The van der Waals surface area contributed by atoms with Crippen LogP contribution in [0.3, 0.4) is 0 Å². The Balaban J connectivity index is 1.57. The number of ether oxygens (including phenoxy) is 1. The zero-order valence-electron chi connectivity index (χ0n) is 14.4. The van der Waals surface area contributed by atoms with Gasteiger partial charge in [0.15, 0.2) is 0 Å². The van der Waals surface area contributed by atoms with E-state index in [1.807, 2.05) is 6.20 Å². The number of fused-ring (bicyclic) bond motifs is 1. The highest BCUT2D eigenvalue weighted by Crippen LogP contribution is 2.30. The van der Waals surface area contributed by atoms with Crippen LogP contribution in [-0.2, 0) is 0 Å². The summed E-state index contributed by atoms with van der Waals surface area (Å²) in [4.78, 5) is 0. The number of aromatic nitrogens is 2. The van der Waals surface area contributed by atoms with E-state index in [0.717, 1.165) is 36.0 Å². The molecular weight excluding hydrogens is 286 g/mol. The Bertz CT molecular complexity index is 622. The van der Waals surface area contributed by atoms with E-state index >= 15 is 0 Å². The lowest BCUT2D eigenvalue weighted by atomic mass is 9.92. The van der Waals surface area contributed by atoms with Crippen LogP contribution in [0.15, 0.2) is 18.3 Å². The summed E-state index contributed by atoms with van der Waals surface area (Å²) in [6.07, 6.45) is 10.9. The Morgan fingerprint density at radius 3 is 3.09 bits per heavy atom. The molecule has 1 aromatic heterocycles. The molecule has 2 aromatic rings. The summed E-state index contributed by atoms with van der Waals surface area (Å²) in [6, 6.07) is 4.76. The highest BCUT2D eigenvalue weighted by atomic mass is 16.5. The number of nitrogens with one attached hydrogen (secondary N) is 2. The third-order valence-electron chi connectivity index (χ3n) is 4.98. The number of unbranched alkanes of at least 4 members (excludes halogenated alkanes) is 2. The van der Waals surface area contributed by atoms with Crippen molar-refractivity contribution in [1.82, 2.24) is 15.5 Å². The lowest BCUT2D eigenvalue weighted by molar-refractivity contribution is 0.134. The van der Waals surface area contributed by atoms with Crippen LogP contribution in [0.5, 0.6) is 5.75 Å². The van der Waals surface area contributed by atoms with E-state index in [1.54, 1.807) is 0 Å². The smallest absolute Gasteiger partial charge is 0.123 e. The monoisotopic (exact) mass is 315 g/mol. The summed E-state index contributed by atoms with van der Waals surface area (Å²) < 4.78 is 6.34. The summed E-state index contributed by atoms with van der Waals surface area (Å²) in [7, 11) is 0. The van der Waals surface area contributed by atoms with E-state index in [-0.39, 0.29) is 0 Å². The number of H-pyrrole nitrogens is 1. The molecule has 0 unspecified atom stereocenters. The molecule has 1 aliphatic carbocycles. The molecule has 1 aromatic carbocycles. The highest BCUT2D eigenvalue weighted by Gasteiger charge is 2.23. The van der Waals surface area contributed by atoms with Crippen molar-refractivity contribution in [3.05, 3.63) is 23.9 Å². The lowest BCUT2D eigenvalue weighted by Gasteiger charge is -2.30. The first-order chi connectivity index (χ1) is 11.3. The maximum Gasteiger partial charge on any atom is 0.123 e. The first kappa shape index (κ1) is 16.3. The van der Waals surface area contributed by atoms with Gasteiger partial charge in [0, 0.05) is 17.0 Å². The molecule has 0 amide bonds. The van der Waals surface area contributed by atoms with Crippen LogP contribution in [0, 0.1) is 6.92 Å². The predicted octanol–water partition coefficient (Wildman–Crippen LogP) is 4.34. The molecule has 126 valence electrons. The first-order valence-corrected chi connectivity index (χ1v) is 9.10. The number of benzene rings is 1. The van der Waals surface area contributed by atoms with Gasteiger partial charge < -0.3 is 10.1 Å². The van der Waals surface area contributed by atoms with Gasteiger partial charge in [0.1, 0.15) is 11.9 Å². The lowest BCUT2D eigenvalue weighted by Crippen LogP contribution is -2.38. The average Bonchev–Trinajstić information content (AvgIpc) is 3.04. The minimum Gasteiger partial charge on any atom is -0.490 e. The van der Waals surface area contributed by atoms with Crippen molar-refractivity contribution in [1.29, 1.82) is 0 Å². The maximum atomic E-state index is 6.34. The van der Waals surface area contributed by atoms with Crippen LogP contribution in [0.1, 0.15) is 57.4 Å². The normalized spacial score (nSPS) is 21.7. The molecule has 2 atom stereocenters. The molecule has 1 heterocycles. The zero-order chi connectivity index (χ0) is 16.1. The maximum absolute atomic E-state index is 6.34. The van der Waals surface area contributed by atoms with E-state index in [2.05, 4.69) is 41.5 Å². The largest absolute Gasteiger partial charge is 0.490 e. The Kier molecular flexibility index (Phi) is 5.55. The van der Waals surface area contributed by atoms with E-state index in [9.17, 15) is 0 Å². The van der Waals surface area contributed by atoms with E-state index in [0.29, 0.717) is 12.1 Å². The minimum absolute atomic E-state index is 0.329. The van der Waals surface area contributed by atoms with Gasteiger partial charge in [0.25, 0.3) is 0 Å². The van der Waals surface area contributed by atoms with Gasteiger partial charge in [-0.25, -0.2) is 0 Å². The molecule has 1 saturated carbocycles. The molecule has 0 radical (unpaired) electrons. The van der Waals surface area contributed by atoms with Crippen molar-refractivity contribution >= 4 is 10.9 Å². The molecule has 3 rings (SSSR count). The average molecular weight is 315 g/mol. The topological polar surface area (TPSA) is 49.9 Å². The number of nitrogens with zero attached hydrogens (tertiary/aromatic N) is 1. The summed E-state index contributed by atoms with van der Waals surface area (Å²) in [5, 5.41) is 12.0. The van der Waals surface area contributed by atoms with Crippen LogP contribution in [0.25, 0.3) is 10.9 Å². The molecule has 4 heteroatoms. The van der Waals surface area contributed by atoms with Crippen LogP contribution in [0.2, 0.25) is 0 Å². The molecular formula is C19H29N3O. The van der Waals surface area contributed by atoms with Crippen molar-refractivity contribution in [2.24, 2.45) is 0 Å². The number of hydrogen-bond acceptors (Lipinski definition) is 3. The van der Waals surface area contributed by atoms with Crippen LogP contribution >= 0.6 is 0 Å². The molecule has 0 saturated heterocycles. The Morgan fingerprint density at radius 2 is 2.22 bits per heavy atom. The van der Waals surface area contributed by atoms with Gasteiger partial charge in [-0.15, -0.1) is 0 Å². The molecule has 23 heavy (non-hydrogen) atoms. The Morgan fingerprint density at radius 1 is 1.30 bits per heavy atom. The van der Waals surface area contributed by atoms with Crippen molar-refractivity contribution in [3.8, 4) is 5.75 Å². The number of hydrogen-bond donors (Lipinski definition) is 2. The summed E-state index contributed by atoms with van der Waals surface area (Å²) >= 11 is 0. The highest BCUT2D eigenvalue weighted by molar-refractivity contribution is 5.83. The standard InChI is InChI=1S/C19H29N3O/c1-3-4-5-11-20-15-7-6-8-16(12-15)23-19-10-9-18-17(14(19)2)13-21-22-18/h9-10,13,15-16,20H,3-8,11-12H2,1-2H3,(H,21,22)/t15-,16+/m0/s1. The quantitative estimate of drug-likeness (QED) is 0.747. The zero-order valence-corrected chi connectivity index (χ0v) is 14.4. The number of aryl methyl sites for hydroxylation is 1. The van der Waals surface area contributed by atoms with Gasteiger partial charge in [-0.3, -0.25) is 5.10 Å². The minimum atomic E-state index is 0.329. The Labute approximate surface area is 139 Å². The molecule has 2 N–H and O–H groups in total. The SMILES string of the molecule is CCCCCN[C@H]1CCC[C@@H](Oc2ccc3[nH]ncc3c2C)C1. The number of aromatic amines is 1. The summed E-state index contributed by atoms with van der Waals surface area (Å²) in [5.41, 5.74) is 2.27. The number of rotatable bonds is 7. The van der Waals surface area contributed by atoms with Crippen molar-refractivity contribution in [2.75, 3.05) is 6.54 Å². The van der Waals surface area contributed by atoms with Gasteiger partial charge in [-0.1, -0.05) is 19.8 Å². The van der Waals surface area contributed by atoms with Crippen LogP contribution in [0.4, 0.5) is 0 Å². The predicted molar refractivity (Wildman–Crippen MR) is 95.0 cm³/mol. The molecule has 1 fully saturated rings. The molecule has 1 aliphatic rings. The van der Waals surface area contributed by atoms with Gasteiger partial charge in [-0.05, 0) is 57.7 Å². The summed E-state index contributed by atoms with van der Waals surface area (Å²) in [5.74, 6) is 1.01. The van der Waals surface area contributed by atoms with Crippen molar-refractivity contribution < 1.29 is 4.74 Å². The van der Waals surface area contributed by atoms with E-state index < -0.39 is 0 Å². The molecule has 0 spiro atoms. The second-order valence-electron chi connectivity index (χ2n) is 6.78. The third kappa shape index (κ3) is 4.05. The van der Waals surface area contributed by atoms with Gasteiger partial charge >= 0.3 is 0 Å². The van der Waals surface area contributed by atoms with E-state index in [1.165, 1.54) is 37.7 Å². The van der Waals surface area contributed by atoms with Crippen LogP contribution in [-0.4, -0.2) is 28.9 Å². The molecule has 0 aliphatic heterocycles. The van der Waals surface area contributed by atoms with Crippen molar-refractivity contribution in [2.45, 2.75) is 70.9 Å². The van der Waals surface area contributed by atoms with Gasteiger partial charge in [0.2, 0.25) is 0 Å².